The van der Waals surface area contributed by atoms with Gasteiger partial charge in [-0.15, -0.1) is 11.8 Å². The number of benzene rings is 2. The molecule has 1 aromatic heterocycles. The van der Waals surface area contributed by atoms with Gasteiger partial charge in [0.05, 0.1) is 21.4 Å². The molecule has 1 aliphatic carbocycles. The van der Waals surface area contributed by atoms with Gasteiger partial charge in [-0.2, -0.15) is 18.3 Å². The highest BCUT2D eigenvalue weighted by Crippen LogP contribution is 2.55. The Balaban J connectivity index is 1.72. The topological polar surface area (TPSA) is 73.8 Å². The molecule has 12 heteroatoms. The fraction of sp³-hybridized carbons (Fsp3) is 0.240. The maximum absolute atomic E-state index is 15.0. The number of carbonyl (C=O) groups excluding carboxylic acids is 1. The van der Waals surface area contributed by atoms with Gasteiger partial charge in [-0.05, 0) is 30.2 Å². The van der Waals surface area contributed by atoms with Crippen molar-refractivity contribution < 1.29 is 18.0 Å². The number of ketones is 1. The van der Waals surface area contributed by atoms with Gasteiger partial charge in [-0.1, -0.05) is 71.2 Å². The van der Waals surface area contributed by atoms with E-state index in [1.807, 2.05) is 0 Å². The number of hydrogen-bond donors (Lipinski definition) is 1. The lowest BCUT2D eigenvalue weighted by Crippen LogP contribution is -2.50. The minimum Gasteiger partial charge on any atom is -0.397 e. The fourth-order valence-electron chi connectivity index (χ4n) is 4.10. The molecule has 0 saturated carbocycles. The van der Waals surface area contributed by atoms with Crippen LogP contribution in [0, 0.1) is 5.92 Å². The second kappa shape index (κ2) is 11.1. The average molecular weight is 588 g/mol. The number of allylic oxidation sites excluding steroid dienone is 4. The van der Waals surface area contributed by atoms with Crippen LogP contribution in [0.25, 0.3) is 5.69 Å². The van der Waals surface area contributed by atoms with Crippen LogP contribution in [0.5, 0.6) is 0 Å². The van der Waals surface area contributed by atoms with Crippen molar-refractivity contribution in [3.8, 4) is 5.69 Å². The van der Waals surface area contributed by atoms with E-state index in [4.69, 9.17) is 40.5 Å². The highest BCUT2D eigenvalue weighted by Gasteiger charge is 2.60. The van der Waals surface area contributed by atoms with Crippen molar-refractivity contribution in [2.45, 2.75) is 29.5 Å². The summed E-state index contributed by atoms with van der Waals surface area (Å²) in [5.74, 6) is -1.95. The predicted molar refractivity (Wildman–Crippen MR) is 142 cm³/mol. The molecule has 2 atom stereocenters. The van der Waals surface area contributed by atoms with Crippen molar-refractivity contribution in [3.05, 3.63) is 93.5 Å². The first-order valence-corrected chi connectivity index (χ1v) is 13.1. The smallest absolute Gasteiger partial charge is 0.397 e. The Hall–Kier alpha value is -2.46. The SMILES string of the molecule is Nc1cc(C(=O)C[C@](SCc2ccccc2)(C2C=C(Cl)C(Cl)=C(Cl)C2)C(F)(F)F)ccc1-n1cncn1. The Bertz CT molecular complexity index is 1350. The second-order valence-electron chi connectivity index (χ2n) is 8.42. The quantitative estimate of drug-likeness (QED) is 0.218. The van der Waals surface area contributed by atoms with Crippen molar-refractivity contribution in [1.29, 1.82) is 0 Å². The number of nitrogens with zero attached hydrogens (tertiary/aromatic N) is 3. The molecular weight excluding hydrogens is 568 g/mol. The molecule has 37 heavy (non-hydrogen) atoms. The molecule has 0 saturated heterocycles. The van der Waals surface area contributed by atoms with Gasteiger partial charge in [-0.3, -0.25) is 4.79 Å². The van der Waals surface area contributed by atoms with Gasteiger partial charge in [0.15, 0.2) is 5.78 Å². The third kappa shape index (κ3) is 5.85. The van der Waals surface area contributed by atoms with Gasteiger partial charge < -0.3 is 5.73 Å². The zero-order valence-corrected chi connectivity index (χ0v) is 22.1. The monoisotopic (exact) mass is 586 g/mol. The molecule has 4 rings (SSSR count). The zero-order chi connectivity index (χ0) is 26.8. The number of thioether (sulfide) groups is 1. The lowest BCUT2D eigenvalue weighted by Gasteiger charge is -2.41. The van der Waals surface area contributed by atoms with Crippen LogP contribution in [-0.2, 0) is 5.75 Å². The summed E-state index contributed by atoms with van der Waals surface area (Å²) in [5.41, 5.74) is 7.44. The summed E-state index contributed by atoms with van der Waals surface area (Å²) in [6, 6.07) is 13.0. The highest BCUT2D eigenvalue weighted by molar-refractivity contribution is 8.00. The number of halogens is 6. The molecule has 1 heterocycles. The summed E-state index contributed by atoms with van der Waals surface area (Å²) in [5, 5.41) is 3.93. The van der Waals surface area contributed by atoms with Crippen LogP contribution in [0.3, 0.4) is 0 Å². The second-order valence-corrected chi connectivity index (χ2v) is 11.0. The van der Waals surface area contributed by atoms with Crippen molar-refractivity contribution in [2.75, 3.05) is 5.73 Å². The molecule has 0 bridgehead atoms. The molecule has 2 N–H and O–H groups in total. The van der Waals surface area contributed by atoms with Gasteiger partial charge in [0.2, 0.25) is 0 Å². The van der Waals surface area contributed by atoms with Crippen LogP contribution in [0.4, 0.5) is 18.9 Å². The number of Topliss-reactive ketones (excluding diaryl/α,β-unsaturated/α-hetero) is 1. The third-order valence-corrected chi connectivity index (χ3v) is 9.01. The number of alkyl halides is 3. The molecule has 0 amide bonds. The van der Waals surface area contributed by atoms with Gasteiger partial charge in [0.25, 0.3) is 0 Å². The van der Waals surface area contributed by atoms with Crippen LogP contribution < -0.4 is 5.73 Å². The standard InChI is InChI=1S/C25H20Cl3F3N4OS/c26-18-9-17(10-19(27)23(18)28)24(25(29,30)31,37-12-15-4-2-1-3-5-15)11-22(36)16-6-7-21(20(32)8-16)35-14-33-13-34-35/h1-9,13-14,17H,10-12,32H2/t17?,24-/m0/s1. The first-order chi connectivity index (χ1) is 17.5. The minimum absolute atomic E-state index is 0.00603. The number of nitrogens with two attached hydrogens (primary N) is 1. The highest BCUT2D eigenvalue weighted by atomic mass is 35.5. The van der Waals surface area contributed by atoms with Crippen molar-refractivity contribution in [2.24, 2.45) is 5.92 Å². The first kappa shape index (κ1) is 27.6. The van der Waals surface area contributed by atoms with Gasteiger partial charge >= 0.3 is 6.18 Å². The molecule has 1 aliphatic rings. The van der Waals surface area contributed by atoms with Gasteiger partial charge in [0.1, 0.15) is 17.4 Å². The van der Waals surface area contributed by atoms with Gasteiger partial charge in [-0.25, -0.2) is 9.67 Å². The normalized spacial score (nSPS) is 17.9. The van der Waals surface area contributed by atoms with Gasteiger partial charge in [0, 0.05) is 28.7 Å². The number of nitrogen functional groups attached to an aromatic ring is 1. The molecular formula is C25H20Cl3F3N4OS. The summed E-state index contributed by atoms with van der Waals surface area (Å²) in [6.07, 6.45) is -1.88. The van der Waals surface area contributed by atoms with E-state index in [1.54, 1.807) is 30.3 Å². The number of carbonyl (C=O) groups is 1. The summed E-state index contributed by atoms with van der Waals surface area (Å²) in [6.45, 7) is 0. The lowest BCUT2D eigenvalue weighted by atomic mass is 9.81. The van der Waals surface area contributed by atoms with E-state index in [9.17, 15) is 4.79 Å². The zero-order valence-electron chi connectivity index (χ0n) is 19.1. The van der Waals surface area contributed by atoms with E-state index in [-0.39, 0.29) is 38.5 Å². The molecule has 0 radical (unpaired) electrons. The van der Waals surface area contributed by atoms with Crippen molar-refractivity contribution in [3.63, 3.8) is 0 Å². The van der Waals surface area contributed by atoms with E-state index in [0.717, 1.165) is 0 Å². The predicted octanol–water partition coefficient (Wildman–Crippen LogP) is 7.49. The van der Waals surface area contributed by atoms with Crippen LogP contribution >= 0.6 is 46.6 Å². The summed E-state index contributed by atoms with van der Waals surface area (Å²) in [4.78, 5) is 17.3. The molecule has 0 aliphatic heterocycles. The Labute approximate surface area is 230 Å². The molecule has 2 aromatic carbocycles. The average Bonchev–Trinajstić information content (AvgIpc) is 3.39. The Morgan fingerprint density at radius 1 is 1.14 bits per heavy atom. The molecule has 1 unspecified atom stereocenters. The van der Waals surface area contributed by atoms with Crippen molar-refractivity contribution in [1.82, 2.24) is 14.8 Å². The lowest BCUT2D eigenvalue weighted by molar-refractivity contribution is -0.167. The Morgan fingerprint density at radius 2 is 1.86 bits per heavy atom. The minimum atomic E-state index is -4.80. The molecule has 3 aromatic rings. The number of aromatic nitrogens is 3. The molecule has 194 valence electrons. The molecule has 0 spiro atoms. The fourth-order valence-corrected chi connectivity index (χ4v) is 6.20. The van der Waals surface area contributed by atoms with E-state index < -0.39 is 29.0 Å². The molecule has 5 nitrogen and oxygen atoms in total. The van der Waals surface area contributed by atoms with Crippen LogP contribution in [-0.4, -0.2) is 31.5 Å². The maximum Gasteiger partial charge on any atom is 0.404 e. The van der Waals surface area contributed by atoms with Crippen molar-refractivity contribution >= 4 is 58.0 Å². The third-order valence-electron chi connectivity index (χ3n) is 6.05. The van der Waals surface area contributed by atoms with Crippen LogP contribution in [0.15, 0.2) is 82.4 Å². The summed E-state index contributed by atoms with van der Waals surface area (Å²) >= 11 is 19.1. The Kier molecular flexibility index (Phi) is 8.28. The summed E-state index contributed by atoms with van der Waals surface area (Å²) in [7, 11) is 0. The van der Waals surface area contributed by atoms with E-state index >= 15 is 13.2 Å². The van der Waals surface area contributed by atoms with E-state index in [1.165, 1.54) is 41.6 Å². The van der Waals surface area contributed by atoms with E-state index in [0.29, 0.717) is 23.0 Å². The summed E-state index contributed by atoms with van der Waals surface area (Å²) < 4.78 is 44.0. The first-order valence-electron chi connectivity index (χ1n) is 11.0. The van der Waals surface area contributed by atoms with Crippen LogP contribution in [0.1, 0.15) is 28.8 Å². The Morgan fingerprint density at radius 3 is 2.46 bits per heavy atom. The number of hydrogen-bond acceptors (Lipinski definition) is 5. The maximum atomic E-state index is 15.0. The van der Waals surface area contributed by atoms with E-state index in [2.05, 4.69) is 10.1 Å². The van der Waals surface area contributed by atoms with Crippen LogP contribution in [0.2, 0.25) is 0 Å². The number of rotatable bonds is 8. The number of anilines is 1. The molecule has 0 fully saturated rings. The largest absolute Gasteiger partial charge is 0.404 e.